The number of fused-ring (bicyclic) bond motifs is 2. The van der Waals surface area contributed by atoms with Crippen molar-refractivity contribution in [3.8, 4) is 21.1 Å². The van der Waals surface area contributed by atoms with Crippen molar-refractivity contribution in [1.29, 1.82) is 0 Å². The summed E-state index contributed by atoms with van der Waals surface area (Å²) in [5.41, 5.74) is 3.60. The third-order valence-electron chi connectivity index (χ3n) is 14.0. The number of aliphatic hydroxyl groups is 2. The molecule has 4 amide bonds. The van der Waals surface area contributed by atoms with Crippen LogP contribution in [0.5, 0.6) is 0 Å². The number of nitrogens with one attached hydrogen (secondary N) is 4. The number of anilines is 2. The van der Waals surface area contributed by atoms with Gasteiger partial charge in [0.25, 0.3) is 11.8 Å². The Morgan fingerprint density at radius 1 is 0.641 bits per heavy atom. The summed E-state index contributed by atoms with van der Waals surface area (Å²) in [6.45, 7) is 6.38. The monoisotopic (exact) mass is 1180 g/mol. The molecule has 4 atom stereocenters. The van der Waals surface area contributed by atoms with Gasteiger partial charge in [0.1, 0.15) is 23.5 Å². The molecule has 6 aromatic rings. The molecule has 0 aliphatic carbocycles. The minimum absolute atomic E-state index is 0.226. The van der Waals surface area contributed by atoms with Crippen molar-refractivity contribution in [1.82, 2.24) is 40.4 Å². The first-order valence-corrected chi connectivity index (χ1v) is 28.8. The molecule has 10 rings (SSSR count). The largest absolute Gasteiger partial charge is 0.394 e. The molecule has 8 heterocycles. The number of halogens is 4. The van der Waals surface area contributed by atoms with Crippen LogP contribution in [-0.4, -0.2) is 140 Å². The van der Waals surface area contributed by atoms with Crippen LogP contribution in [0.3, 0.4) is 0 Å². The van der Waals surface area contributed by atoms with Crippen molar-refractivity contribution in [2.45, 2.75) is 88.6 Å². The molecule has 0 unspecified atom stereocenters. The highest BCUT2D eigenvalue weighted by Gasteiger charge is 2.36. The van der Waals surface area contributed by atoms with Crippen molar-refractivity contribution in [2.75, 3.05) is 63.4 Å². The normalized spacial score (nSPS) is 17.4. The second-order valence-electron chi connectivity index (χ2n) is 19.2. The Morgan fingerprint density at radius 3 is 1.41 bits per heavy atom. The second-order valence-corrected chi connectivity index (χ2v) is 23.1. The molecule has 4 aromatic heterocycles. The summed E-state index contributed by atoms with van der Waals surface area (Å²) >= 11 is 28.1. The summed E-state index contributed by atoms with van der Waals surface area (Å²) in [5.74, 6) is -0.188. The van der Waals surface area contributed by atoms with E-state index in [0.717, 1.165) is 45.2 Å². The van der Waals surface area contributed by atoms with Gasteiger partial charge in [-0.25, -0.2) is 19.9 Å². The topological polar surface area (TPSA) is 233 Å². The number of carbonyl (C=O) groups is 4. The fraction of sp³-hybridized carbons (Fsp3) is 0.407. The van der Waals surface area contributed by atoms with Gasteiger partial charge in [-0.3, -0.25) is 19.2 Å². The number of aliphatic hydroxyl groups excluding tert-OH is 2. The van der Waals surface area contributed by atoms with E-state index in [1.807, 2.05) is 0 Å². The number of amides is 4. The molecular formula is C54H58Cl4N10O8S2. The smallest absolute Gasteiger partial charge is 0.255 e. The first kappa shape index (κ1) is 57.2. The van der Waals surface area contributed by atoms with E-state index >= 15 is 0 Å². The Kier molecular flexibility index (Phi) is 19.2. The Balaban J connectivity index is 0.000000190. The molecule has 78 heavy (non-hydrogen) atoms. The molecule has 412 valence electrons. The predicted molar refractivity (Wildman–Crippen MR) is 303 cm³/mol. The summed E-state index contributed by atoms with van der Waals surface area (Å²) in [6, 6.07) is 15.2. The molecule has 0 radical (unpaired) electrons. The van der Waals surface area contributed by atoms with Gasteiger partial charge in [0.15, 0.2) is 0 Å². The van der Waals surface area contributed by atoms with Crippen molar-refractivity contribution >= 4 is 105 Å². The lowest BCUT2D eigenvalue weighted by atomic mass is 10.0. The Bertz CT molecular complexity index is 2930. The molecule has 4 aliphatic rings. The molecule has 2 aromatic carbocycles. The van der Waals surface area contributed by atoms with Crippen LogP contribution in [0, 0.1) is 0 Å². The molecule has 18 nitrogen and oxygen atoms in total. The minimum Gasteiger partial charge on any atom is -0.394 e. The lowest BCUT2D eigenvalue weighted by Gasteiger charge is -2.32. The van der Waals surface area contributed by atoms with Crippen LogP contribution in [0.4, 0.5) is 11.9 Å². The van der Waals surface area contributed by atoms with Crippen LogP contribution in [-0.2, 0) is 31.9 Å². The number of aromatic nitrogens is 4. The number of thiophene rings is 2. The lowest BCUT2D eigenvalue weighted by Crippen LogP contribution is -2.51. The zero-order valence-corrected chi connectivity index (χ0v) is 47.3. The van der Waals surface area contributed by atoms with Crippen LogP contribution in [0.15, 0.2) is 73.1 Å². The van der Waals surface area contributed by atoms with Crippen LogP contribution >= 0.6 is 69.1 Å². The Hall–Kier alpha value is -5.52. The summed E-state index contributed by atoms with van der Waals surface area (Å²) < 4.78 is 10.8. The van der Waals surface area contributed by atoms with E-state index in [-0.39, 0.29) is 48.9 Å². The maximum Gasteiger partial charge on any atom is 0.255 e. The average Bonchev–Trinajstić information content (AvgIpc) is 4.20. The first-order valence-electron chi connectivity index (χ1n) is 25.6. The van der Waals surface area contributed by atoms with Gasteiger partial charge in [0, 0.05) is 84.2 Å². The number of hydrogen-bond donors (Lipinski definition) is 6. The van der Waals surface area contributed by atoms with Gasteiger partial charge >= 0.3 is 0 Å². The molecule has 2 fully saturated rings. The van der Waals surface area contributed by atoms with Crippen LogP contribution in [0.25, 0.3) is 21.1 Å². The maximum atomic E-state index is 13.5. The number of hydrogen-bond acceptors (Lipinski definition) is 16. The van der Waals surface area contributed by atoms with Crippen LogP contribution in [0.2, 0.25) is 20.1 Å². The molecule has 0 bridgehead atoms. The van der Waals surface area contributed by atoms with Crippen molar-refractivity contribution < 1.29 is 38.9 Å². The van der Waals surface area contributed by atoms with Crippen LogP contribution in [0.1, 0.15) is 93.2 Å². The molecule has 0 spiro atoms. The van der Waals surface area contributed by atoms with Crippen molar-refractivity contribution in [3.05, 3.63) is 125 Å². The standard InChI is InChI=1S/2C27H29Cl2N5O4S/c2*1-15(25(36)32-21(14-35)16-3-2-4-17(28)11-16)34-8-5-22-19(26(34)37)12-23(39-22)24-20(29)13-30-27(33-24)31-18-6-9-38-10-7-18/h2*2-4,11-13,15,18,21,35H,5-10,14H2,1H3,(H,32,36)(H,30,31,33)/t15-,21+;15-,21-/m01/s1. The van der Waals surface area contributed by atoms with Crippen LogP contribution < -0.4 is 21.3 Å². The third-order valence-corrected chi connectivity index (χ3v) is 17.4. The Morgan fingerprint density at radius 2 is 1.04 bits per heavy atom. The minimum atomic E-state index is -0.736. The lowest BCUT2D eigenvalue weighted by molar-refractivity contribution is -0.127. The van der Waals surface area contributed by atoms with Crippen molar-refractivity contribution in [3.63, 3.8) is 0 Å². The first-order chi connectivity index (χ1) is 37.7. The van der Waals surface area contributed by atoms with Gasteiger partial charge in [-0.2, -0.15) is 0 Å². The molecular weight excluding hydrogens is 1120 g/mol. The van der Waals surface area contributed by atoms with Gasteiger partial charge in [-0.15, -0.1) is 22.7 Å². The zero-order valence-electron chi connectivity index (χ0n) is 42.6. The number of rotatable bonds is 16. The highest BCUT2D eigenvalue weighted by atomic mass is 35.5. The van der Waals surface area contributed by atoms with E-state index in [9.17, 15) is 29.4 Å². The van der Waals surface area contributed by atoms with E-state index in [1.165, 1.54) is 22.7 Å². The zero-order chi connectivity index (χ0) is 55.0. The number of carbonyl (C=O) groups excluding carboxylic acids is 4. The fourth-order valence-corrected chi connectivity index (χ4v) is 12.8. The second kappa shape index (κ2) is 26.2. The van der Waals surface area contributed by atoms with E-state index in [4.69, 9.17) is 55.9 Å². The van der Waals surface area contributed by atoms with E-state index in [0.29, 0.717) is 118 Å². The Labute approximate surface area is 479 Å². The number of benzene rings is 2. The van der Waals surface area contributed by atoms with Crippen molar-refractivity contribution in [2.24, 2.45) is 0 Å². The highest BCUT2D eigenvalue weighted by Crippen LogP contribution is 2.39. The van der Waals surface area contributed by atoms with E-state index < -0.39 is 24.2 Å². The van der Waals surface area contributed by atoms with Gasteiger partial charge < -0.3 is 50.8 Å². The third kappa shape index (κ3) is 13.5. The van der Waals surface area contributed by atoms with Gasteiger partial charge in [0.2, 0.25) is 23.7 Å². The highest BCUT2D eigenvalue weighted by molar-refractivity contribution is 7.16. The predicted octanol–water partition coefficient (Wildman–Crippen LogP) is 8.68. The van der Waals surface area contributed by atoms with Gasteiger partial charge in [-0.05, 0) is 87.1 Å². The molecule has 4 aliphatic heterocycles. The molecule has 24 heteroatoms. The van der Waals surface area contributed by atoms with Gasteiger partial charge in [-0.1, -0.05) is 70.7 Å². The molecule has 6 N–H and O–H groups in total. The maximum absolute atomic E-state index is 13.5. The molecule has 2 saturated heterocycles. The fourth-order valence-electron chi connectivity index (χ4n) is 9.57. The van der Waals surface area contributed by atoms with Gasteiger partial charge in [0.05, 0.1) is 68.6 Å². The van der Waals surface area contributed by atoms with E-state index in [2.05, 4.69) is 41.2 Å². The summed E-state index contributed by atoms with van der Waals surface area (Å²) in [4.78, 5) is 77.7. The summed E-state index contributed by atoms with van der Waals surface area (Å²) in [7, 11) is 0. The number of ether oxygens (including phenoxy) is 2. The average molecular weight is 1180 g/mol. The SMILES string of the molecule is C[C@@H](C(=O)N[C@H](CO)c1cccc(Cl)c1)N1CCc2sc(-c3nc(NC4CCOCC4)ncc3Cl)cc2C1=O.C[C@H](C(=O)N[C@H](CO)c1cccc(Cl)c1)N1CCc2sc(-c3nc(NC4CCOCC4)ncc3Cl)cc2C1=O. The number of nitrogens with zero attached hydrogens (tertiary/aromatic N) is 6. The summed E-state index contributed by atoms with van der Waals surface area (Å²) in [6.07, 6.45) is 7.87. The van der Waals surface area contributed by atoms with E-state index in [1.54, 1.807) is 96.7 Å². The quantitative estimate of drug-likeness (QED) is 0.0533. The molecule has 0 saturated carbocycles. The summed E-state index contributed by atoms with van der Waals surface area (Å²) in [5, 5.41) is 34.0.